The van der Waals surface area contributed by atoms with Crippen LogP contribution in [-0.4, -0.2) is 24.4 Å². The first-order chi connectivity index (χ1) is 7.69. The normalized spacial score (nSPS) is 10.1. The molecule has 0 fully saturated rings. The Kier molecular flexibility index (Phi) is 4.79. The molecule has 1 aromatic heterocycles. The molecule has 4 heteroatoms. The van der Waals surface area contributed by atoms with E-state index in [-0.39, 0.29) is 5.91 Å². The van der Waals surface area contributed by atoms with E-state index >= 15 is 0 Å². The van der Waals surface area contributed by atoms with E-state index in [2.05, 4.69) is 6.58 Å². The summed E-state index contributed by atoms with van der Waals surface area (Å²) in [6, 6.07) is 3.39. The summed E-state index contributed by atoms with van der Waals surface area (Å²) in [6.07, 6.45) is 3.66. The fraction of sp³-hybridized carbons (Fsp3) is 0.417. The number of carbonyl (C=O) groups is 1. The molecular weight excluding hydrogens is 204 g/mol. The van der Waals surface area contributed by atoms with Gasteiger partial charge in [-0.1, -0.05) is 6.08 Å². The number of allylic oxidation sites excluding steroid dienone is 1. The third-order valence-corrected chi connectivity index (χ3v) is 2.32. The van der Waals surface area contributed by atoms with Gasteiger partial charge in [-0.25, -0.2) is 0 Å². The molecule has 2 N–H and O–H groups in total. The highest BCUT2D eigenvalue weighted by Crippen LogP contribution is 2.10. The summed E-state index contributed by atoms with van der Waals surface area (Å²) in [5.74, 6) is 0.869. The van der Waals surface area contributed by atoms with Crippen LogP contribution in [-0.2, 0) is 6.54 Å². The molecule has 0 aromatic carbocycles. The van der Waals surface area contributed by atoms with Gasteiger partial charge < -0.3 is 15.1 Å². The third kappa shape index (κ3) is 3.24. The van der Waals surface area contributed by atoms with Crippen LogP contribution in [0.4, 0.5) is 0 Å². The lowest BCUT2D eigenvalue weighted by atomic mass is 10.3. The average Bonchev–Trinajstić information content (AvgIpc) is 2.76. The lowest BCUT2D eigenvalue weighted by Gasteiger charge is -2.14. The first-order valence-corrected chi connectivity index (χ1v) is 5.34. The van der Waals surface area contributed by atoms with E-state index in [9.17, 15) is 4.79 Å². The monoisotopic (exact) mass is 222 g/mol. The van der Waals surface area contributed by atoms with Crippen LogP contribution in [0.3, 0.4) is 0 Å². The van der Waals surface area contributed by atoms with Gasteiger partial charge in [0.15, 0.2) is 5.76 Å². The maximum absolute atomic E-state index is 11.8. The second-order valence-corrected chi connectivity index (χ2v) is 3.63. The van der Waals surface area contributed by atoms with Crippen LogP contribution in [0.25, 0.3) is 0 Å². The number of hydrogen-bond acceptors (Lipinski definition) is 3. The highest BCUT2D eigenvalue weighted by Gasteiger charge is 2.14. The molecular formula is C12H18N2O2. The maximum Gasteiger partial charge on any atom is 0.289 e. The molecule has 1 amide bonds. The van der Waals surface area contributed by atoms with Crippen LogP contribution in [0, 0.1) is 0 Å². The molecule has 0 aliphatic carbocycles. The van der Waals surface area contributed by atoms with Crippen molar-refractivity contribution in [3.05, 3.63) is 36.3 Å². The van der Waals surface area contributed by atoms with Gasteiger partial charge in [-0.2, -0.15) is 0 Å². The van der Waals surface area contributed by atoms with E-state index in [4.69, 9.17) is 10.2 Å². The van der Waals surface area contributed by atoms with Gasteiger partial charge in [0.25, 0.3) is 5.91 Å². The van der Waals surface area contributed by atoms with Gasteiger partial charge in [0.05, 0.1) is 6.54 Å². The number of amides is 1. The molecule has 0 atom stereocenters. The summed E-state index contributed by atoms with van der Waals surface area (Å²) in [4.78, 5) is 13.5. The minimum absolute atomic E-state index is 0.108. The molecule has 1 aromatic rings. The molecule has 0 bridgehead atoms. The Morgan fingerprint density at radius 1 is 1.62 bits per heavy atom. The largest absolute Gasteiger partial charge is 0.455 e. The summed E-state index contributed by atoms with van der Waals surface area (Å²) in [5, 5.41) is 0. The van der Waals surface area contributed by atoms with Crippen LogP contribution >= 0.6 is 0 Å². The lowest BCUT2D eigenvalue weighted by Crippen LogP contribution is -2.27. The third-order valence-electron chi connectivity index (χ3n) is 2.32. The van der Waals surface area contributed by atoms with Gasteiger partial charge in [-0.3, -0.25) is 4.79 Å². The van der Waals surface area contributed by atoms with E-state index in [1.54, 1.807) is 24.1 Å². The van der Waals surface area contributed by atoms with Crippen molar-refractivity contribution < 1.29 is 9.21 Å². The number of rotatable bonds is 6. The highest BCUT2D eigenvalue weighted by molar-refractivity contribution is 5.91. The number of hydrogen-bond donors (Lipinski definition) is 1. The van der Waals surface area contributed by atoms with Crippen molar-refractivity contribution in [3.63, 3.8) is 0 Å². The van der Waals surface area contributed by atoms with E-state index in [0.29, 0.717) is 24.6 Å². The minimum Gasteiger partial charge on any atom is -0.455 e. The molecule has 1 rings (SSSR count). The van der Waals surface area contributed by atoms with Crippen molar-refractivity contribution in [1.82, 2.24) is 4.90 Å². The number of carbonyl (C=O) groups excluding carboxylic acids is 1. The smallest absolute Gasteiger partial charge is 0.289 e. The van der Waals surface area contributed by atoms with Gasteiger partial charge in [0.2, 0.25) is 0 Å². The summed E-state index contributed by atoms with van der Waals surface area (Å²) in [6.45, 7) is 4.65. The minimum atomic E-state index is -0.108. The number of furan rings is 1. The molecule has 16 heavy (non-hydrogen) atoms. The SMILES string of the molecule is C=CCCCN(C)C(=O)c1ccc(CN)o1. The molecule has 0 aliphatic heterocycles. The van der Waals surface area contributed by atoms with Crippen molar-refractivity contribution in [3.8, 4) is 0 Å². The molecule has 0 saturated heterocycles. The van der Waals surface area contributed by atoms with Crippen molar-refractivity contribution in [1.29, 1.82) is 0 Å². The van der Waals surface area contributed by atoms with Gasteiger partial charge >= 0.3 is 0 Å². The fourth-order valence-electron chi connectivity index (χ4n) is 1.37. The predicted octanol–water partition coefficient (Wildman–Crippen LogP) is 1.78. The van der Waals surface area contributed by atoms with Gasteiger partial charge in [0.1, 0.15) is 5.76 Å². The Hall–Kier alpha value is -1.55. The second kappa shape index (κ2) is 6.12. The molecule has 0 unspecified atom stereocenters. The molecule has 4 nitrogen and oxygen atoms in total. The Morgan fingerprint density at radius 2 is 2.38 bits per heavy atom. The van der Waals surface area contributed by atoms with E-state index in [0.717, 1.165) is 12.8 Å². The fourth-order valence-corrected chi connectivity index (χ4v) is 1.37. The Morgan fingerprint density at radius 3 is 2.94 bits per heavy atom. The number of nitrogens with zero attached hydrogens (tertiary/aromatic N) is 1. The van der Waals surface area contributed by atoms with Gasteiger partial charge in [-0.05, 0) is 25.0 Å². The van der Waals surface area contributed by atoms with Crippen molar-refractivity contribution >= 4 is 5.91 Å². The van der Waals surface area contributed by atoms with Crippen LogP contribution in [0.2, 0.25) is 0 Å². The van der Waals surface area contributed by atoms with Crippen molar-refractivity contribution in [2.75, 3.05) is 13.6 Å². The molecule has 0 radical (unpaired) electrons. The van der Waals surface area contributed by atoms with Crippen molar-refractivity contribution in [2.24, 2.45) is 5.73 Å². The maximum atomic E-state index is 11.8. The summed E-state index contributed by atoms with van der Waals surface area (Å²) in [5.41, 5.74) is 5.41. The average molecular weight is 222 g/mol. The Balaban J connectivity index is 2.52. The van der Waals surface area contributed by atoms with Crippen LogP contribution in [0.15, 0.2) is 29.2 Å². The zero-order valence-corrected chi connectivity index (χ0v) is 9.61. The molecule has 0 spiro atoms. The molecule has 88 valence electrons. The molecule has 0 saturated carbocycles. The summed E-state index contributed by atoms with van der Waals surface area (Å²) >= 11 is 0. The quantitative estimate of drug-likeness (QED) is 0.589. The van der Waals surface area contributed by atoms with Crippen molar-refractivity contribution in [2.45, 2.75) is 19.4 Å². The number of nitrogens with two attached hydrogens (primary N) is 1. The summed E-state index contributed by atoms with van der Waals surface area (Å²) < 4.78 is 5.29. The van der Waals surface area contributed by atoms with Crippen LogP contribution in [0.1, 0.15) is 29.2 Å². The van der Waals surface area contributed by atoms with E-state index in [1.165, 1.54) is 0 Å². The molecule has 1 heterocycles. The second-order valence-electron chi connectivity index (χ2n) is 3.63. The standard InChI is InChI=1S/C12H18N2O2/c1-3-4-5-8-14(2)12(15)11-7-6-10(9-13)16-11/h3,6-7H,1,4-5,8-9,13H2,2H3. The highest BCUT2D eigenvalue weighted by atomic mass is 16.4. The van der Waals surface area contributed by atoms with Crippen LogP contribution in [0.5, 0.6) is 0 Å². The van der Waals surface area contributed by atoms with E-state index in [1.807, 2.05) is 6.08 Å². The van der Waals surface area contributed by atoms with Gasteiger partial charge in [0, 0.05) is 13.6 Å². The zero-order chi connectivity index (χ0) is 12.0. The lowest BCUT2D eigenvalue weighted by molar-refractivity contribution is 0.0760. The van der Waals surface area contributed by atoms with E-state index < -0.39 is 0 Å². The van der Waals surface area contributed by atoms with Gasteiger partial charge in [-0.15, -0.1) is 6.58 Å². The Labute approximate surface area is 95.7 Å². The predicted molar refractivity (Wildman–Crippen MR) is 63.0 cm³/mol. The topological polar surface area (TPSA) is 59.5 Å². The molecule has 0 aliphatic rings. The van der Waals surface area contributed by atoms with Crippen LogP contribution < -0.4 is 5.73 Å². The zero-order valence-electron chi connectivity index (χ0n) is 9.61. The summed E-state index contributed by atoms with van der Waals surface area (Å²) in [7, 11) is 1.76. The first kappa shape index (κ1) is 12.5. The number of unbranched alkanes of at least 4 members (excludes halogenated alkanes) is 1. The Bertz CT molecular complexity index is 358. The first-order valence-electron chi connectivity index (χ1n) is 5.34.